The Morgan fingerprint density at radius 2 is 1.81 bits per heavy atom. The largest absolute Gasteiger partial charge is 0.349 e. The average molecular weight is 373 g/mol. The zero-order valence-electron chi connectivity index (χ0n) is 14.8. The van der Waals surface area contributed by atoms with Crippen molar-refractivity contribution in [3.8, 4) is 0 Å². The van der Waals surface area contributed by atoms with E-state index in [0.717, 1.165) is 11.0 Å². The molecule has 138 valence electrons. The Balaban J connectivity index is 2.01. The molecule has 1 heterocycles. The number of hydrogen-bond donors (Lipinski definition) is 2. The predicted octanol–water partition coefficient (Wildman–Crippen LogP) is 2.31. The second-order valence-electron chi connectivity index (χ2n) is 6.14. The third-order valence-electron chi connectivity index (χ3n) is 3.65. The predicted molar refractivity (Wildman–Crippen MR) is 102 cm³/mol. The van der Waals surface area contributed by atoms with Crippen molar-refractivity contribution in [3.63, 3.8) is 0 Å². The number of hydrogen-bond acceptors (Lipinski definition) is 4. The monoisotopic (exact) mass is 373 g/mol. The van der Waals surface area contributed by atoms with Crippen LogP contribution < -0.4 is 10.0 Å². The molecule has 0 spiro atoms. The van der Waals surface area contributed by atoms with E-state index in [9.17, 15) is 13.2 Å². The molecule has 1 atom stereocenters. The molecule has 0 aliphatic rings. The summed E-state index contributed by atoms with van der Waals surface area (Å²) in [6.45, 7) is 3.81. The summed E-state index contributed by atoms with van der Waals surface area (Å²) in [6, 6.07) is 13.6. The van der Waals surface area contributed by atoms with Crippen LogP contribution in [0.2, 0.25) is 0 Å². The summed E-state index contributed by atoms with van der Waals surface area (Å²) < 4.78 is 27.1. The van der Waals surface area contributed by atoms with Crippen molar-refractivity contribution in [2.45, 2.75) is 26.4 Å². The van der Waals surface area contributed by atoms with Gasteiger partial charge in [-0.3, -0.25) is 9.78 Å². The van der Waals surface area contributed by atoms with Gasteiger partial charge in [-0.15, -0.1) is 0 Å². The van der Waals surface area contributed by atoms with Crippen LogP contribution in [0.15, 0.2) is 60.1 Å². The van der Waals surface area contributed by atoms with E-state index >= 15 is 0 Å². The molecular weight excluding hydrogens is 350 g/mol. The second kappa shape index (κ2) is 9.26. The second-order valence-corrected chi connectivity index (χ2v) is 7.73. The van der Waals surface area contributed by atoms with E-state index in [1.54, 1.807) is 44.3 Å². The van der Waals surface area contributed by atoms with Crippen LogP contribution in [0.4, 0.5) is 0 Å². The Hall–Kier alpha value is -2.51. The standard InChI is InChI=1S/C19H23N3O3S/c1-15(2)18(19(23)21-14-17-10-6-7-12-20-17)22-26(24,25)13-11-16-8-4-3-5-9-16/h3-13,15,18,22H,14H2,1-2H3,(H,21,23). The van der Waals surface area contributed by atoms with Gasteiger partial charge in [-0.1, -0.05) is 50.2 Å². The van der Waals surface area contributed by atoms with Crippen molar-refractivity contribution in [2.75, 3.05) is 0 Å². The van der Waals surface area contributed by atoms with Crippen LogP contribution in [0.1, 0.15) is 25.1 Å². The van der Waals surface area contributed by atoms with E-state index in [0.29, 0.717) is 5.69 Å². The van der Waals surface area contributed by atoms with Gasteiger partial charge >= 0.3 is 0 Å². The van der Waals surface area contributed by atoms with E-state index in [2.05, 4.69) is 15.0 Å². The molecule has 0 radical (unpaired) electrons. The molecule has 0 fully saturated rings. The quantitative estimate of drug-likeness (QED) is 0.743. The highest BCUT2D eigenvalue weighted by Gasteiger charge is 2.26. The third kappa shape index (κ3) is 6.42. The fraction of sp³-hybridized carbons (Fsp3) is 0.263. The summed E-state index contributed by atoms with van der Waals surface area (Å²) in [4.78, 5) is 16.5. The van der Waals surface area contributed by atoms with Gasteiger partial charge in [0, 0.05) is 11.6 Å². The van der Waals surface area contributed by atoms with Gasteiger partial charge in [0.25, 0.3) is 0 Å². The lowest BCUT2D eigenvalue weighted by Crippen LogP contribution is -2.48. The summed E-state index contributed by atoms with van der Waals surface area (Å²) in [5, 5.41) is 3.80. The van der Waals surface area contributed by atoms with E-state index in [1.165, 1.54) is 6.08 Å². The number of nitrogens with zero attached hydrogens (tertiary/aromatic N) is 1. The minimum Gasteiger partial charge on any atom is -0.349 e. The first kappa shape index (κ1) is 19.8. The van der Waals surface area contributed by atoms with Crippen molar-refractivity contribution in [1.82, 2.24) is 15.0 Å². The highest BCUT2D eigenvalue weighted by molar-refractivity contribution is 7.92. The van der Waals surface area contributed by atoms with Crippen LogP contribution in [-0.2, 0) is 21.4 Å². The smallest absolute Gasteiger partial charge is 0.238 e. The van der Waals surface area contributed by atoms with Crippen LogP contribution >= 0.6 is 0 Å². The van der Waals surface area contributed by atoms with Gasteiger partial charge in [0.2, 0.25) is 15.9 Å². The molecule has 0 aliphatic carbocycles. The molecule has 0 aliphatic heterocycles. The van der Waals surface area contributed by atoms with Crippen LogP contribution in [0.5, 0.6) is 0 Å². The number of rotatable bonds is 8. The normalized spacial score (nSPS) is 13.0. The van der Waals surface area contributed by atoms with Gasteiger partial charge in [0.15, 0.2) is 0 Å². The first-order valence-corrected chi connectivity index (χ1v) is 9.85. The van der Waals surface area contributed by atoms with Crippen molar-refractivity contribution in [2.24, 2.45) is 5.92 Å². The van der Waals surface area contributed by atoms with E-state index < -0.39 is 16.1 Å². The molecular formula is C19H23N3O3S. The Morgan fingerprint density at radius 1 is 1.12 bits per heavy atom. The highest BCUT2D eigenvalue weighted by Crippen LogP contribution is 2.07. The summed E-state index contributed by atoms with van der Waals surface area (Å²) in [5.74, 6) is -0.596. The number of benzene rings is 1. The molecule has 2 rings (SSSR count). The maximum atomic E-state index is 12.4. The number of pyridine rings is 1. The molecule has 26 heavy (non-hydrogen) atoms. The Kier molecular flexibility index (Phi) is 7.06. The SMILES string of the molecule is CC(C)C(NS(=O)(=O)C=Cc1ccccc1)C(=O)NCc1ccccn1. The molecule has 0 bridgehead atoms. The maximum absolute atomic E-state index is 12.4. The van der Waals surface area contributed by atoms with Crippen molar-refractivity contribution < 1.29 is 13.2 Å². The first-order valence-electron chi connectivity index (χ1n) is 8.30. The van der Waals surface area contributed by atoms with Gasteiger partial charge in [0.1, 0.15) is 6.04 Å². The third-order valence-corrected chi connectivity index (χ3v) is 4.73. The van der Waals surface area contributed by atoms with Crippen molar-refractivity contribution >= 4 is 22.0 Å². The molecule has 2 aromatic rings. The number of carbonyl (C=O) groups is 1. The minimum absolute atomic E-state index is 0.210. The lowest BCUT2D eigenvalue weighted by atomic mass is 10.1. The van der Waals surface area contributed by atoms with Gasteiger partial charge in [-0.25, -0.2) is 8.42 Å². The zero-order chi connectivity index (χ0) is 19.0. The van der Waals surface area contributed by atoms with Crippen LogP contribution in [0.25, 0.3) is 6.08 Å². The average Bonchev–Trinajstić information content (AvgIpc) is 2.64. The molecule has 2 N–H and O–H groups in total. The van der Waals surface area contributed by atoms with Gasteiger partial charge < -0.3 is 5.32 Å². The molecule has 1 amide bonds. The summed E-state index contributed by atoms with van der Waals surface area (Å²) in [7, 11) is -3.76. The summed E-state index contributed by atoms with van der Waals surface area (Å²) >= 11 is 0. The van der Waals surface area contributed by atoms with Crippen LogP contribution in [-0.4, -0.2) is 25.4 Å². The van der Waals surface area contributed by atoms with Crippen molar-refractivity contribution in [3.05, 3.63) is 71.4 Å². The van der Waals surface area contributed by atoms with E-state index in [1.807, 2.05) is 24.3 Å². The lowest BCUT2D eigenvalue weighted by Gasteiger charge is -2.20. The lowest BCUT2D eigenvalue weighted by molar-refractivity contribution is -0.123. The first-order chi connectivity index (χ1) is 12.4. The summed E-state index contributed by atoms with van der Waals surface area (Å²) in [6.07, 6.45) is 3.13. The Labute approximate surface area is 154 Å². The number of nitrogens with one attached hydrogen (secondary N) is 2. The van der Waals surface area contributed by atoms with Gasteiger partial charge in [0.05, 0.1) is 12.2 Å². The highest BCUT2D eigenvalue weighted by atomic mass is 32.2. The zero-order valence-corrected chi connectivity index (χ0v) is 15.6. The molecule has 6 nitrogen and oxygen atoms in total. The molecule has 0 saturated carbocycles. The topological polar surface area (TPSA) is 88.2 Å². The maximum Gasteiger partial charge on any atom is 0.238 e. The van der Waals surface area contributed by atoms with E-state index in [-0.39, 0.29) is 18.4 Å². The van der Waals surface area contributed by atoms with E-state index in [4.69, 9.17) is 0 Å². The van der Waals surface area contributed by atoms with Gasteiger partial charge in [-0.2, -0.15) is 4.72 Å². The number of sulfonamides is 1. The minimum atomic E-state index is -3.76. The molecule has 1 unspecified atom stereocenters. The van der Waals surface area contributed by atoms with Crippen LogP contribution in [0.3, 0.4) is 0 Å². The number of carbonyl (C=O) groups excluding carboxylic acids is 1. The number of amides is 1. The molecule has 1 aromatic carbocycles. The summed E-state index contributed by atoms with van der Waals surface area (Å²) in [5.41, 5.74) is 1.47. The molecule has 7 heteroatoms. The fourth-order valence-corrected chi connectivity index (χ4v) is 3.38. The van der Waals surface area contributed by atoms with Crippen molar-refractivity contribution in [1.29, 1.82) is 0 Å². The van der Waals surface area contributed by atoms with Crippen LogP contribution in [0, 0.1) is 5.92 Å². The Bertz CT molecular complexity index is 835. The number of aromatic nitrogens is 1. The fourth-order valence-electron chi connectivity index (χ4n) is 2.23. The molecule has 0 saturated heterocycles. The Morgan fingerprint density at radius 3 is 2.42 bits per heavy atom. The molecule has 1 aromatic heterocycles. The van der Waals surface area contributed by atoms with Gasteiger partial charge in [-0.05, 0) is 29.7 Å².